The summed E-state index contributed by atoms with van der Waals surface area (Å²) in [5, 5.41) is 1.01. The highest BCUT2D eigenvalue weighted by atomic mass is 16.4. The molecule has 3 rings (SSSR count). The van der Waals surface area contributed by atoms with Gasteiger partial charge in [0.1, 0.15) is 17.1 Å². The largest absolute Gasteiger partial charge is 0.465 e. The van der Waals surface area contributed by atoms with Gasteiger partial charge in [0.25, 0.3) is 0 Å². The topological polar surface area (TPSA) is 46.6 Å². The van der Waals surface area contributed by atoms with Crippen LogP contribution in [-0.2, 0) is 13.1 Å². The minimum atomic E-state index is -0.304. The van der Waals surface area contributed by atoms with Crippen molar-refractivity contribution in [1.82, 2.24) is 4.90 Å². The maximum Gasteiger partial charge on any atom is 0.336 e. The van der Waals surface area contributed by atoms with E-state index in [9.17, 15) is 4.79 Å². The molecule has 0 amide bonds. The predicted octanol–water partition coefficient (Wildman–Crippen LogP) is 4.76. The van der Waals surface area contributed by atoms with Gasteiger partial charge >= 0.3 is 5.63 Å². The van der Waals surface area contributed by atoms with Crippen molar-refractivity contribution < 1.29 is 8.83 Å². The third-order valence-corrected chi connectivity index (χ3v) is 4.50. The Bertz CT molecular complexity index is 949. The number of hydrogen-bond donors (Lipinski definition) is 0. The summed E-state index contributed by atoms with van der Waals surface area (Å²) in [6.07, 6.45) is 0. The van der Waals surface area contributed by atoms with Crippen LogP contribution in [0.3, 0.4) is 0 Å². The molecule has 0 unspecified atom stereocenters. The van der Waals surface area contributed by atoms with Gasteiger partial charge in [0.05, 0.1) is 6.54 Å². The molecule has 2 heterocycles. The van der Waals surface area contributed by atoms with Gasteiger partial charge in [-0.05, 0) is 67.8 Å². The van der Waals surface area contributed by atoms with E-state index in [1.807, 2.05) is 32.2 Å². The number of aryl methyl sites for hydroxylation is 2. The highest BCUT2D eigenvalue weighted by Crippen LogP contribution is 2.27. The first-order chi connectivity index (χ1) is 11.8. The van der Waals surface area contributed by atoms with Crippen LogP contribution in [0.1, 0.15) is 48.0 Å². The molecule has 0 N–H and O–H groups in total. The van der Waals surface area contributed by atoms with Gasteiger partial charge in [-0.1, -0.05) is 13.8 Å². The molecule has 0 atom stereocenters. The molecule has 4 nitrogen and oxygen atoms in total. The van der Waals surface area contributed by atoms with Gasteiger partial charge < -0.3 is 8.83 Å². The number of hydrogen-bond acceptors (Lipinski definition) is 4. The molecular weight excluding hydrogens is 314 g/mol. The molecule has 25 heavy (non-hydrogen) atoms. The fourth-order valence-electron chi connectivity index (χ4n) is 3.33. The lowest BCUT2D eigenvalue weighted by Gasteiger charge is -2.17. The normalized spacial score (nSPS) is 11.8. The van der Waals surface area contributed by atoms with Crippen LogP contribution >= 0.6 is 0 Å². The lowest BCUT2D eigenvalue weighted by Crippen LogP contribution is -2.18. The first-order valence-corrected chi connectivity index (χ1v) is 8.64. The van der Waals surface area contributed by atoms with E-state index in [-0.39, 0.29) is 5.63 Å². The van der Waals surface area contributed by atoms with Gasteiger partial charge in [-0.3, -0.25) is 4.90 Å². The van der Waals surface area contributed by atoms with Gasteiger partial charge in [0.15, 0.2) is 0 Å². The van der Waals surface area contributed by atoms with E-state index in [0.717, 1.165) is 28.0 Å². The van der Waals surface area contributed by atoms with Crippen molar-refractivity contribution in [1.29, 1.82) is 0 Å². The summed E-state index contributed by atoms with van der Waals surface area (Å²) in [5.41, 5.74) is 3.78. The lowest BCUT2D eigenvalue weighted by atomic mass is 9.95. The van der Waals surface area contributed by atoms with Crippen molar-refractivity contribution in [3.63, 3.8) is 0 Å². The highest BCUT2D eigenvalue weighted by molar-refractivity contribution is 5.82. The number of benzene rings is 1. The van der Waals surface area contributed by atoms with Crippen molar-refractivity contribution in [2.24, 2.45) is 0 Å². The van der Waals surface area contributed by atoms with Crippen LogP contribution in [0.5, 0.6) is 0 Å². The maximum absolute atomic E-state index is 12.0. The Labute approximate surface area is 148 Å². The molecule has 2 aromatic heterocycles. The Balaban J connectivity index is 1.96. The zero-order valence-corrected chi connectivity index (χ0v) is 15.6. The standard InChI is InChI=1S/C21H25NO3/c1-13(2)18-10-19-16(9-21(23)25-20(19)8-14(18)3)11-22(5)12-17-7-6-15(4)24-17/h6-10,13H,11-12H2,1-5H3. The average Bonchev–Trinajstić information content (AvgIpc) is 2.90. The van der Waals surface area contributed by atoms with Crippen molar-refractivity contribution >= 4 is 11.0 Å². The Morgan fingerprint density at radius 2 is 1.80 bits per heavy atom. The van der Waals surface area contributed by atoms with Gasteiger partial charge in [-0.25, -0.2) is 4.79 Å². The number of nitrogens with zero attached hydrogens (tertiary/aromatic N) is 1. The molecule has 0 aliphatic carbocycles. The zero-order valence-electron chi connectivity index (χ0n) is 15.6. The van der Waals surface area contributed by atoms with Crippen molar-refractivity contribution in [3.8, 4) is 0 Å². The van der Waals surface area contributed by atoms with Crippen molar-refractivity contribution in [2.45, 2.75) is 46.7 Å². The Morgan fingerprint density at radius 3 is 2.44 bits per heavy atom. The third kappa shape index (κ3) is 3.85. The van der Waals surface area contributed by atoms with Crippen LogP contribution < -0.4 is 5.63 Å². The van der Waals surface area contributed by atoms with E-state index in [2.05, 4.69) is 31.7 Å². The molecule has 0 spiro atoms. The second-order valence-corrected chi connectivity index (χ2v) is 7.13. The molecule has 0 saturated heterocycles. The van der Waals surface area contributed by atoms with E-state index in [0.29, 0.717) is 24.6 Å². The molecule has 0 fully saturated rings. The lowest BCUT2D eigenvalue weighted by molar-refractivity contribution is 0.285. The quantitative estimate of drug-likeness (QED) is 0.629. The maximum atomic E-state index is 12.0. The Hall–Kier alpha value is -2.33. The summed E-state index contributed by atoms with van der Waals surface area (Å²) in [6, 6.07) is 9.70. The third-order valence-electron chi connectivity index (χ3n) is 4.50. The number of rotatable bonds is 5. The van der Waals surface area contributed by atoms with Crippen LogP contribution in [0.15, 0.2) is 44.0 Å². The molecule has 3 aromatic rings. The summed E-state index contributed by atoms with van der Waals surface area (Å²) in [5.74, 6) is 2.25. The van der Waals surface area contributed by atoms with Gasteiger partial charge in [-0.2, -0.15) is 0 Å². The minimum absolute atomic E-state index is 0.304. The van der Waals surface area contributed by atoms with Gasteiger partial charge in [0.2, 0.25) is 0 Å². The molecule has 132 valence electrons. The summed E-state index contributed by atoms with van der Waals surface area (Å²) < 4.78 is 11.1. The van der Waals surface area contributed by atoms with Crippen LogP contribution in [-0.4, -0.2) is 11.9 Å². The first kappa shape index (κ1) is 17.5. The summed E-state index contributed by atoms with van der Waals surface area (Å²) in [4.78, 5) is 14.1. The molecule has 0 saturated carbocycles. The fraction of sp³-hybridized carbons (Fsp3) is 0.381. The van der Waals surface area contributed by atoms with E-state index in [4.69, 9.17) is 8.83 Å². The number of fused-ring (bicyclic) bond motifs is 1. The SMILES string of the molecule is Cc1ccc(CN(C)Cc2cc(=O)oc3cc(C)c(C(C)C)cc23)o1. The molecule has 0 aliphatic rings. The van der Waals surface area contributed by atoms with Gasteiger partial charge in [-0.15, -0.1) is 0 Å². The summed E-state index contributed by atoms with van der Waals surface area (Å²) in [6.45, 7) is 9.71. The fourth-order valence-corrected chi connectivity index (χ4v) is 3.33. The van der Waals surface area contributed by atoms with E-state index >= 15 is 0 Å². The molecule has 4 heteroatoms. The van der Waals surface area contributed by atoms with E-state index < -0.39 is 0 Å². The van der Waals surface area contributed by atoms with E-state index in [1.165, 1.54) is 5.56 Å². The highest BCUT2D eigenvalue weighted by Gasteiger charge is 2.13. The van der Waals surface area contributed by atoms with Crippen LogP contribution in [0.2, 0.25) is 0 Å². The minimum Gasteiger partial charge on any atom is -0.465 e. The molecule has 1 aromatic carbocycles. The van der Waals surface area contributed by atoms with Crippen molar-refractivity contribution in [2.75, 3.05) is 7.05 Å². The summed E-state index contributed by atoms with van der Waals surface area (Å²) in [7, 11) is 2.02. The van der Waals surface area contributed by atoms with Crippen LogP contribution in [0.4, 0.5) is 0 Å². The number of furan rings is 1. The Kier molecular flexibility index (Phi) is 4.82. The van der Waals surface area contributed by atoms with Gasteiger partial charge in [0, 0.05) is 18.0 Å². The monoisotopic (exact) mass is 339 g/mol. The molecule has 0 radical (unpaired) electrons. The summed E-state index contributed by atoms with van der Waals surface area (Å²) >= 11 is 0. The molecular formula is C21H25NO3. The first-order valence-electron chi connectivity index (χ1n) is 8.64. The van der Waals surface area contributed by atoms with Crippen LogP contribution in [0.25, 0.3) is 11.0 Å². The average molecular weight is 339 g/mol. The predicted molar refractivity (Wildman–Crippen MR) is 99.9 cm³/mol. The molecule has 0 bridgehead atoms. The van der Waals surface area contributed by atoms with Crippen LogP contribution in [0, 0.1) is 13.8 Å². The second kappa shape index (κ2) is 6.89. The zero-order chi connectivity index (χ0) is 18.1. The second-order valence-electron chi connectivity index (χ2n) is 7.13. The van der Waals surface area contributed by atoms with Crippen molar-refractivity contribution in [3.05, 3.63) is 69.0 Å². The smallest absolute Gasteiger partial charge is 0.336 e. The Morgan fingerprint density at radius 1 is 1.04 bits per heavy atom. The molecule has 0 aliphatic heterocycles. The van der Waals surface area contributed by atoms with E-state index in [1.54, 1.807) is 6.07 Å².